The van der Waals surface area contributed by atoms with Gasteiger partial charge in [-0.25, -0.2) is 13.1 Å². The summed E-state index contributed by atoms with van der Waals surface area (Å²) in [5.74, 6) is -0.401. The van der Waals surface area contributed by atoms with Crippen LogP contribution >= 0.6 is 0 Å². The van der Waals surface area contributed by atoms with E-state index in [1.165, 1.54) is 42.5 Å². The van der Waals surface area contributed by atoms with Crippen LogP contribution in [-0.4, -0.2) is 25.9 Å². The summed E-state index contributed by atoms with van der Waals surface area (Å²) >= 11 is 0. The summed E-state index contributed by atoms with van der Waals surface area (Å²) in [4.78, 5) is 27.8. The molecular formula is C20H19N3O4S. The van der Waals surface area contributed by atoms with Crippen molar-refractivity contribution < 1.29 is 13.2 Å². The first-order valence-corrected chi connectivity index (χ1v) is 9.94. The monoisotopic (exact) mass is 397 g/mol. The average Bonchev–Trinajstić information content (AvgIpc) is 2.66. The van der Waals surface area contributed by atoms with E-state index in [9.17, 15) is 18.0 Å². The molecular weight excluding hydrogens is 378 g/mol. The van der Waals surface area contributed by atoms with Crippen molar-refractivity contribution in [1.82, 2.24) is 9.71 Å². The largest absolute Gasteiger partial charge is 0.358 e. The normalized spacial score (nSPS) is 11.3. The maximum absolute atomic E-state index is 12.5. The molecule has 0 atom stereocenters. The van der Waals surface area contributed by atoms with Gasteiger partial charge in [0.15, 0.2) is 5.43 Å². The van der Waals surface area contributed by atoms with Gasteiger partial charge in [-0.1, -0.05) is 6.08 Å². The highest BCUT2D eigenvalue weighted by atomic mass is 32.2. The molecule has 0 aliphatic rings. The third-order valence-electron chi connectivity index (χ3n) is 4.07. The lowest BCUT2D eigenvalue weighted by Gasteiger charge is -2.08. The number of amides is 1. The number of H-pyrrole nitrogens is 1. The molecule has 0 aliphatic heterocycles. The number of fused-ring (bicyclic) bond motifs is 1. The number of carbonyl (C=O) groups excluding carboxylic acids is 1. The molecule has 0 saturated heterocycles. The van der Waals surface area contributed by atoms with Gasteiger partial charge in [-0.15, -0.1) is 6.58 Å². The zero-order chi connectivity index (χ0) is 20.3. The number of hydrogen-bond donors (Lipinski definition) is 3. The van der Waals surface area contributed by atoms with E-state index in [1.54, 1.807) is 19.1 Å². The van der Waals surface area contributed by atoms with Gasteiger partial charge in [0.05, 0.1) is 4.90 Å². The first kappa shape index (κ1) is 19.5. The fourth-order valence-corrected chi connectivity index (χ4v) is 3.69. The van der Waals surface area contributed by atoms with Crippen LogP contribution in [0.15, 0.2) is 70.9 Å². The molecule has 0 unspecified atom stereocenters. The highest BCUT2D eigenvalue weighted by Crippen LogP contribution is 2.16. The van der Waals surface area contributed by atoms with Gasteiger partial charge < -0.3 is 10.3 Å². The summed E-state index contributed by atoms with van der Waals surface area (Å²) in [6, 6.07) is 12.1. The molecule has 3 rings (SSSR count). The fourth-order valence-electron chi connectivity index (χ4n) is 2.69. The molecule has 0 spiro atoms. The predicted octanol–water partition coefficient (Wildman–Crippen LogP) is 2.55. The molecule has 3 aromatic rings. The summed E-state index contributed by atoms with van der Waals surface area (Å²) in [6.07, 6.45) is 1.45. The number of benzene rings is 2. The summed E-state index contributed by atoms with van der Waals surface area (Å²) < 4.78 is 26.5. The van der Waals surface area contributed by atoms with Crippen LogP contribution in [0.25, 0.3) is 10.9 Å². The summed E-state index contributed by atoms with van der Waals surface area (Å²) in [7, 11) is -3.62. The number of rotatable bonds is 6. The standard InChI is InChI=1S/C20H19N3O4S/c1-3-10-21-28(26,27)16-7-5-15(6-8-16)23-20(25)14-4-9-18-17(12-14)19(24)11-13(2)22-18/h3-9,11-12,21H,1,10H2,2H3,(H,22,24)(H,23,25). The second-order valence-electron chi connectivity index (χ2n) is 6.20. The Morgan fingerprint density at radius 2 is 1.86 bits per heavy atom. The van der Waals surface area contributed by atoms with Crippen molar-refractivity contribution >= 4 is 32.5 Å². The van der Waals surface area contributed by atoms with E-state index >= 15 is 0 Å². The number of carbonyl (C=O) groups is 1. The van der Waals surface area contributed by atoms with Crippen LogP contribution in [0.3, 0.4) is 0 Å². The number of aromatic amines is 1. The molecule has 1 heterocycles. The van der Waals surface area contributed by atoms with Crippen molar-refractivity contribution in [3.8, 4) is 0 Å². The second kappa shape index (κ2) is 7.79. The van der Waals surface area contributed by atoms with Crippen molar-refractivity contribution in [3.05, 3.63) is 82.7 Å². The predicted molar refractivity (Wildman–Crippen MR) is 109 cm³/mol. The number of aromatic nitrogens is 1. The van der Waals surface area contributed by atoms with Crippen LogP contribution in [-0.2, 0) is 10.0 Å². The van der Waals surface area contributed by atoms with Gasteiger partial charge in [-0.2, -0.15) is 0 Å². The van der Waals surface area contributed by atoms with Crippen molar-refractivity contribution in [2.45, 2.75) is 11.8 Å². The Balaban J connectivity index is 1.80. The van der Waals surface area contributed by atoms with Gasteiger partial charge in [-0.3, -0.25) is 9.59 Å². The van der Waals surface area contributed by atoms with E-state index in [4.69, 9.17) is 0 Å². The molecule has 0 bridgehead atoms. The maximum atomic E-state index is 12.5. The number of pyridine rings is 1. The Morgan fingerprint density at radius 1 is 1.14 bits per heavy atom. The Hall–Kier alpha value is -3.23. The molecule has 0 aliphatic carbocycles. The molecule has 28 heavy (non-hydrogen) atoms. The van der Waals surface area contributed by atoms with Crippen molar-refractivity contribution in [1.29, 1.82) is 0 Å². The molecule has 144 valence electrons. The molecule has 8 heteroatoms. The molecule has 3 N–H and O–H groups in total. The Labute approximate surface area is 162 Å². The molecule has 2 aromatic carbocycles. The van der Waals surface area contributed by atoms with E-state index < -0.39 is 15.9 Å². The first-order valence-electron chi connectivity index (χ1n) is 8.46. The molecule has 7 nitrogen and oxygen atoms in total. The van der Waals surface area contributed by atoms with Gasteiger partial charge in [0.1, 0.15) is 0 Å². The zero-order valence-corrected chi connectivity index (χ0v) is 16.0. The van der Waals surface area contributed by atoms with Crippen molar-refractivity contribution in [2.24, 2.45) is 0 Å². The van der Waals surface area contributed by atoms with Crippen LogP contribution in [0.1, 0.15) is 16.1 Å². The molecule has 0 radical (unpaired) electrons. The minimum Gasteiger partial charge on any atom is -0.358 e. The van der Waals surface area contributed by atoms with Gasteiger partial charge in [-0.05, 0) is 49.4 Å². The Kier molecular flexibility index (Phi) is 5.43. The van der Waals surface area contributed by atoms with E-state index in [0.29, 0.717) is 22.2 Å². The molecule has 0 saturated carbocycles. The Morgan fingerprint density at radius 3 is 2.54 bits per heavy atom. The zero-order valence-electron chi connectivity index (χ0n) is 15.2. The number of hydrogen-bond acceptors (Lipinski definition) is 4. The number of nitrogens with one attached hydrogen (secondary N) is 3. The van der Waals surface area contributed by atoms with E-state index in [1.807, 2.05) is 0 Å². The molecule has 1 aromatic heterocycles. The lowest BCUT2D eigenvalue weighted by Crippen LogP contribution is -2.23. The second-order valence-corrected chi connectivity index (χ2v) is 7.96. The quantitative estimate of drug-likeness (QED) is 0.556. The minimum absolute atomic E-state index is 0.0833. The van der Waals surface area contributed by atoms with E-state index in [2.05, 4.69) is 21.6 Å². The SMILES string of the molecule is C=CCNS(=O)(=O)c1ccc(NC(=O)c2ccc3[nH]c(C)cc(=O)c3c2)cc1. The van der Waals surface area contributed by atoms with Gasteiger partial charge in [0, 0.05) is 40.5 Å². The fraction of sp³-hybridized carbons (Fsp3) is 0.100. The van der Waals surface area contributed by atoms with Crippen LogP contribution < -0.4 is 15.5 Å². The summed E-state index contributed by atoms with van der Waals surface area (Å²) in [6.45, 7) is 5.38. The van der Waals surface area contributed by atoms with Crippen molar-refractivity contribution in [2.75, 3.05) is 11.9 Å². The van der Waals surface area contributed by atoms with Gasteiger partial charge >= 0.3 is 0 Å². The number of anilines is 1. The van der Waals surface area contributed by atoms with Crippen molar-refractivity contribution in [3.63, 3.8) is 0 Å². The summed E-state index contributed by atoms with van der Waals surface area (Å²) in [5.41, 5.74) is 2.00. The van der Waals surface area contributed by atoms with Crippen LogP contribution in [0.2, 0.25) is 0 Å². The van der Waals surface area contributed by atoms with Crippen LogP contribution in [0.4, 0.5) is 5.69 Å². The third-order valence-corrected chi connectivity index (χ3v) is 5.51. The van der Waals surface area contributed by atoms with Crippen LogP contribution in [0, 0.1) is 6.92 Å². The summed E-state index contributed by atoms with van der Waals surface area (Å²) in [5, 5.41) is 3.12. The van der Waals surface area contributed by atoms with E-state index in [-0.39, 0.29) is 16.9 Å². The number of aryl methyl sites for hydroxylation is 1. The topological polar surface area (TPSA) is 108 Å². The lowest BCUT2D eigenvalue weighted by atomic mass is 10.1. The van der Waals surface area contributed by atoms with Crippen LogP contribution in [0.5, 0.6) is 0 Å². The minimum atomic E-state index is -3.62. The molecule has 1 amide bonds. The van der Waals surface area contributed by atoms with Gasteiger partial charge in [0.2, 0.25) is 10.0 Å². The third kappa shape index (κ3) is 4.19. The smallest absolute Gasteiger partial charge is 0.255 e. The maximum Gasteiger partial charge on any atom is 0.255 e. The average molecular weight is 397 g/mol. The lowest BCUT2D eigenvalue weighted by molar-refractivity contribution is 0.102. The highest BCUT2D eigenvalue weighted by Gasteiger charge is 2.13. The first-order chi connectivity index (χ1) is 13.3. The Bertz CT molecular complexity index is 1210. The van der Waals surface area contributed by atoms with E-state index in [0.717, 1.165) is 5.69 Å². The highest BCUT2D eigenvalue weighted by molar-refractivity contribution is 7.89. The molecule has 0 fully saturated rings. The number of sulfonamides is 1. The van der Waals surface area contributed by atoms with Gasteiger partial charge in [0.25, 0.3) is 5.91 Å².